The number of aromatic nitrogens is 1. The Morgan fingerprint density at radius 3 is 1.34 bits per heavy atom. The molecule has 1 aliphatic heterocycles. The summed E-state index contributed by atoms with van der Waals surface area (Å²) in [7, 11) is 0. The number of anilines is 4. The predicted octanol–water partition coefficient (Wildman–Crippen LogP) is 10.0. The summed E-state index contributed by atoms with van der Waals surface area (Å²) in [5.74, 6) is 0. The predicted molar refractivity (Wildman–Crippen MR) is 173 cm³/mol. The van der Waals surface area contributed by atoms with E-state index in [0.717, 1.165) is 45.1 Å². The van der Waals surface area contributed by atoms with Crippen LogP contribution in [0.15, 0.2) is 158 Å². The number of hydrogen-bond donors (Lipinski definition) is 0. The Hall–Kier alpha value is -5.54. The first-order valence-corrected chi connectivity index (χ1v) is 13.9. The Balaban J connectivity index is 1.35. The van der Waals surface area contributed by atoms with Gasteiger partial charge in [0, 0.05) is 27.6 Å². The van der Waals surface area contributed by atoms with Crippen LogP contribution in [0.1, 0.15) is 11.1 Å². The maximum absolute atomic E-state index is 4.56. The van der Waals surface area contributed by atoms with Crippen molar-refractivity contribution in [3.05, 3.63) is 169 Å². The zero-order chi connectivity index (χ0) is 27.3. The van der Waals surface area contributed by atoms with E-state index in [1.165, 1.54) is 21.8 Å². The molecule has 3 heteroatoms. The van der Waals surface area contributed by atoms with E-state index in [4.69, 9.17) is 0 Å². The molecule has 1 aliphatic rings. The molecular weight excluding hydrogens is 498 g/mol. The lowest BCUT2D eigenvalue weighted by atomic mass is 9.97. The van der Waals surface area contributed by atoms with Crippen LogP contribution in [0.25, 0.3) is 33.1 Å². The van der Waals surface area contributed by atoms with Gasteiger partial charge in [0.15, 0.2) is 0 Å². The lowest BCUT2D eigenvalue weighted by molar-refractivity contribution is 0.991. The van der Waals surface area contributed by atoms with Gasteiger partial charge in [-0.2, -0.15) is 0 Å². The quantitative estimate of drug-likeness (QED) is 0.227. The minimum atomic E-state index is 1.02. The van der Waals surface area contributed by atoms with Gasteiger partial charge in [0.2, 0.25) is 0 Å². The van der Waals surface area contributed by atoms with Crippen LogP contribution in [0.5, 0.6) is 0 Å². The third-order valence-corrected chi connectivity index (χ3v) is 8.05. The highest BCUT2D eigenvalue weighted by molar-refractivity contribution is 6.09. The second-order valence-electron chi connectivity index (χ2n) is 10.4. The fourth-order valence-electron chi connectivity index (χ4n) is 6.21. The molecule has 0 bridgehead atoms. The Bertz CT molecular complexity index is 2020. The van der Waals surface area contributed by atoms with Crippen molar-refractivity contribution in [2.24, 2.45) is 0 Å². The van der Waals surface area contributed by atoms with Crippen LogP contribution in [0, 0.1) is 0 Å². The normalized spacial score (nSPS) is 12.8. The first-order valence-electron chi connectivity index (χ1n) is 13.9. The van der Waals surface area contributed by atoms with E-state index in [9.17, 15) is 0 Å². The summed E-state index contributed by atoms with van der Waals surface area (Å²) in [6, 6.07) is 53.8. The lowest BCUT2D eigenvalue weighted by Crippen LogP contribution is -2.35. The second-order valence-corrected chi connectivity index (χ2v) is 10.4. The summed E-state index contributed by atoms with van der Waals surface area (Å²) in [5.41, 5.74) is 11.1. The number of nitrogens with zero attached hydrogens (tertiary/aromatic N) is 3. The second kappa shape index (κ2) is 9.29. The third-order valence-electron chi connectivity index (χ3n) is 8.05. The Morgan fingerprint density at radius 2 is 0.780 bits per heavy atom. The minimum Gasteiger partial charge on any atom is -0.309 e. The van der Waals surface area contributed by atoms with E-state index in [1.54, 1.807) is 0 Å². The Kier molecular flexibility index (Phi) is 5.29. The van der Waals surface area contributed by atoms with Crippen molar-refractivity contribution in [1.29, 1.82) is 0 Å². The molecule has 194 valence electrons. The zero-order valence-corrected chi connectivity index (χ0v) is 22.5. The number of fused-ring (bicyclic) bond motifs is 5. The maximum atomic E-state index is 4.56. The highest BCUT2D eigenvalue weighted by Crippen LogP contribution is 2.47. The summed E-state index contributed by atoms with van der Waals surface area (Å²) in [5, 5.41) is 7.15. The molecule has 0 atom stereocenters. The zero-order valence-electron chi connectivity index (χ0n) is 22.5. The van der Waals surface area contributed by atoms with Gasteiger partial charge in [-0.3, -0.25) is 0 Å². The molecule has 0 unspecified atom stereocenters. The summed E-state index contributed by atoms with van der Waals surface area (Å²) < 4.78 is 2.36. The van der Waals surface area contributed by atoms with E-state index in [-0.39, 0.29) is 0 Å². The van der Waals surface area contributed by atoms with Crippen molar-refractivity contribution in [2.75, 3.05) is 10.0 Å². The van der Waals surface area contributed by atoms with Gasteiger partial charge in [0.1, 0.15) is 0 Å². The van der Waals surface area contributed by atoms with Crippen LogP contribution in [0.3, 0.4) is 0 Å². The van der Waals surface area contributed by atoms with Crippen molar-refractivity contribution in [3.63, 3.8) is 0 Å². The summed E-state index contributed by atoms with van der Waals surface area (Å²) in [4.78, 5) is 0. The Labute approximate surface area is 239 Å². The number of rotatable bonds is 3. The number of hydrazine groups is 1. The van der Waals surface area contributed by atoms with E-state index >= 15 is 0 Å². The van der Waals surface area contributed by atoms with Crippen LogP contribution < -0.4 is 10.0 Å². The van der Waals surface area contributed by atoms with Crippen LogP contribution in [-0.2, 0) is 0 Å². The van der Waals surface area contributed by atoms with Crippen LogP contribution in [0.4, 0.5) is 22.7 Å². The van der Waals surface area contributed by atoms with Crippen LogP contribution in [-0.4, -0.2) is 4.57 Å². The van der Waals surface area contributed by atoms with Crippen molar-refractivity contribution in [1.82, 2.24) is 4.57 Å². The largest absolute Gasteiger partial charge is 0.309 e. The van der Waals surface area contributed by atoms with E-state index in [1.807, 2.05) is 0 Å². The highest BCUT2D eigenvalue weighted by atomic mass is 15.6. The van der Waals surface area contributed by atoms with Gasteiger partial charge in [-0.1, -0.05) is 97.6 Å². The molecule has 0 N–H and O–H groups in total. The minimum absolute atomic E-state index is 1.02. The molecule has 7 aromatic rings. The average molecular weight is 526 g/mol. The Morgan fingerprint density at radius 1 is 0.366 bits per heavy atom. The summed E-state index contributed by atoms with van der Waals surface area (Å²) in [6.45, 7) is 4.56. The topological polar surface area (TPSA) is 11.4 Å². The lowest BCUT2D eigenvalue weighted by Gasteiger charge is -2.38. The van der Waals surface area contributed by atoms with Gasteiger partial charge in [-0.05, 0) is 66.2 Å². The average Bonchev–Trinajstić information content (AvgIpc) is 3.33. The molecule has 6 aromatic carbocycles. The van der Waals surface area contributed by atoms with Gasteiger partial charge in [-0.15, -0.1) is 0 Å². The van der Waals surface area contributed by atoms with Crippen molar-refractivity contribution < 1.29 is 0 Å². The molecule has 2 heterocycles. The molecule has 0 aliphatic carbocycles. The van der Waals surface area contributed by atoms with Gasteiger partial charge < -0.3 is 4.57 Å². The maximum Gasteiger partial charge on any atom is 0.0715 e. The van der Waals surface area contributed by atoms with E-state index < -0.39 is 0 Å². The molecule has 8 rings (SSSR count). The number of hydrogen-bond acceptors (Lipinski definition) is 2. The van der Waals surface area contributed by atoms with Gasteiger partial charge in [-0.25, -0.2) is 10.0 Å². The molecule has 0 amide bonds. The first-order chi connectivity index (χ1) is 20.3. The van der Waals surface area contributed by atoms with Crippen molar-refractivity contribution in [3.8, 4) is 5.69 Å². The third kappa shape index (κ3) is 3.60. The standard InChI is InChI=1S/C38H27N3/c1-27-31-15-5-11-21-37(31)40(29-13-3-2-4-14-29)41(38-22-12-6-16-32(27)38)30-25-23-28(24-26-30)39-35-19-9-7-17-33(35)34-18-8-10-20-36(34)39/h2-26H,1H2. The van der Waals surface area contributed by atoms with E-state index in [2.05, 4.69) is 173 Å². The molecule has 1 aromatic heterocycles. The molecule has 0 spiro atoms. The molecule has 0 fully saturated rings. The molecule has 0 saturated carbocycles. The first kappa shape index (κ1) is 23.4. The van der Waals surface area contributed by atoms with Gasteiger partial charge in [0.05, 0.1) is 33.8 Å². The van der Waals surface area contributed by atoms with E-state index in [0.29, 0.717) is 0 Å². The molecular formula is C38H27N3. The SMILES string of the molecule is C=C1c2ccccc2N(c2ccccc2)N(c2ccc(-n3c4ccccc4c4ccccc43)cc2)c2ccccc21. The fourth-order valence-corrected chi connectivity index (χ4v) is 6.21. The van der Waals surface area contributed by atoms with Crippen molar-refractivity contribution >= 4 is 50.1 Å². The molecule has 0 saturated heterocycles. The van der Waals surface area contributed by atoms with Crippen LogP contribution >= 0.6 is 0 Å². The number of para-hydroxylation sites is 5. The number of benzene rings is 6. The summed E-state index contributed by atoms with van der Waals surface area (Å²) >= 11 is 0. The van der Waals surface area contributed by atoms with Gasteiger partial charge in [0.25, 0.3) is 0 Å². The van der Waals surface area contributed by atoms with Gasteiger partial charge >= 0.3 is 0 Å². The molecule has 41 heavy (non-hydrogen) atoms. The smallest absolute Gasteiger partial charge is 0.0715 e. The van der Waals surface area contributed by atoms with Crippen molar-refractivity contribution in [2.45, 2.75) is 0 Å². The highest BCUT2D eigenvalue weighted by Gasteiger charge is 2.30. The summed E-state index contributed by atoms with van der Waals surface area (Å²) in [6.07, 6.45) is 0. The molecule has 0 radical (unpaired) electrons. The molecule has 3 nitrogen and oxygen atoms in total. The monoisotopic (exact) mass is 525 g/mol. The fraction of sp³-hybridized carbons (Fsp3) is 0. The van der Waals surface area contributed by atoms with Crippen LogP contribution in [0.2, 0.25) is 0 Å².